The van der Waals surface area contributed by atoms with E-state index in [1.807, 2.05) is 43.1 Å². The zero-order valence-electron chi connectivity index (χ0n) is 16.4. The van der Waals surface area contributed by atoms with Crippen molar-refractivity contribution >= 4 is 11.7 Å². The first-order chi connectivity index (χ1) is 12.9. The summed E-state index contributed by atoms with van der Waals surface area (Å²) in [6.45, 7) is 7.38. The molecule has 0 atom stereocenters. The van der Waals surface area contributed by atoms with Gasteiger partial charge in [-0.25, -0.2) is 9.80 Å². The number of hydrazine groups is 1. The standard InChI is InChI=1S/C21H28N2O4/c1-15-12-19(26-4)16(2)17(3)21(15)22-23(10-11-27-14-20(24)25)13-18-8-6-5-7-9-18/h5-9,12,22H,10-11,13-14H2,1-4H3,(H,24,25). The molecule has 0 radical (unpaired) electrons. The molecule has 2 aromatic carbocycles. The number of anilines is 1. The number of aliphatic carboxylic acids is 1. The minimum Gasteiger partial charge on any atom is -0.496 e. The van der Waals surface area contributed by atoms with Crippen LogP contribution in [0, 0.1) is 20.8 Å². The number of nitrogens with one attached hydrogen (secondary N) is 1. The number of carboxylic acid groups (broad SMARTS) is 1. The fourth-order valence-corrected chi connectivity index (χ4v) is 2.90. The monoisotopic (exact) mass is 372 g/mol. The molecular weight excluding hydrogens is 344 g/mol. The first-order valence-electron chi connectivity index (χ1n) is 8.92. The van der Waals surface area contributed by atoms with Crippen LogP contribution in [-0.4, -0.2) is 43.0 Å². The van der Waals surface area contributed by atoms with Crippen molar-refractivity contribution in [2.45, 2.75) is 27.3 Å². The Morgan fingerprint density at radius 1 is 1.15 bits per heavy atom. The summed E-state index contributed by atoms with van der Waals surface area (Å²) < 4.78 is 10.7. The van der Waals surface area contributed by atoms with Crippen LogP contribution in [0.2, 0.25) is 0 Å². The van der Waals surface area contributed by atoms with Crippen LogP contribution in [0.1, 0.15) is 22.3 Å². The Kier molecular flexibility index (Phi) is 7.64. The van der Waals surface area contributed by atoms with Crippen molar-refractivity contribution in [3.8, 4) is 5.75 Å². The summed E-state index contributed by atoms with van der Waals surface area (Å²) in [6, 6.07) is 12.1. The van der Waals surface area contributed by atoms with Crippen LogP contribution in [0.5, 0.6) is 5.75 Å². The first kappa shape index (κ1) is 20.7. The lowest BCUT2D eigenvalue weighted by molar-refractivity contribution is -0.142. The van der Waals surface area contributed by atoms with Crippen molar-refractivity contribution < 1.29 is 19.4 Å². The molecule has 0 aliphatic heterocycles. The number of rotatable bonds is 10. The van der Waals surface area contributed by atoms with Crippen molar-refractivity contribution in [2.75, 3.05) is 32.3 Å². The van der Waals surface area contributed by atoms with E-state index in [2.05, 4.69) is 24.5 Å². The van der Waals surface area contributed by atoms with E-state index in [-0.39, 0.29) is 6.61 Å². The lowest BCUT2D eigenvalue weighted by atomic mass is 10.0. The summed E-state index contributed by atoms with van der Waals surface area (Å²) in [6.07, 6.45) is 0. The number of ether oxygens (including phenoxy) is 2. The second-order valence-electron chi connectivity index (χ2n) is 6.49. The maximum absolute atomic E-state index is 10.6. The van der Waals surface area contributed by atoms with E-state index < -0.39 is 5.97 Å². The third-order valence-corrected chi connectivity index (χ3v) is 4.49. The van der Waals surface area contributed by atoms with Gasteiger partial charge >= 0.3 is 5.97 Å². The van der Waals surface area contributed by atoms with Crippen LogP contribution < -0.4 is 10.2 Å². The van der Waals surface area contributed by atoms with Gasteiger partial charge in [0.1, 0.15) is 12.4 Å². The third-order valence-electron chi connectivity index (χ3n) is 4.49. The molecule has 0 amide bonds. The molecule has 0 saturated heterocycles. The van der Waals surface area contributed by atoms with Gasteiger partial charge in [-0.1, -0.05) is 30.3 Å². The van der Waals surface area contributed by atoms with E-state index in [0.717, 1.165) is 33.7 Å². The largest absolute Gasteiger partial charge is 0.496 e. The Labute approximate surface area is 160 Å². The topological polar surface area (TPSA) is 71.0 Å². The first-order valence-corrected chi connectivity index (χ1v) is 8.92. The number of aryl methyl sites for hydroxylation is 1. The van der Waals surface area contributed by atoms with Crippen molar-refractivity contribution in [3.63, 3.8) is 0 Å². The third kappa shape index (κ3) is 5.98. The molecule has 2 aromatic rings. The molecule has 0 fully saturated rings. The van der Waals surface area contributed by atoms with E-state index in [1.54, 1.807) is 7.11 Å². The second-order valence-corrected chi connectivity index (χ2v) is 6.49. The smallest absolute Gasteiger partial charge is 0.329 e. The molecule has 2 N–H and O–H groups in total. The number of hydrogen-bond donors (Lipinski definition) is 2. The number of methoxy groups -OCH3 is 1. The minimum atomic E-state index is -0.963. The maximum atomic E-state index is 10.6. The average Bonchev–Trinajstić information content (AvgIpc) is 2.65. The summed E-state index contributed by atoms with van der Waals surface area (Å²) in [5.41, 5.74) is 8.98. The van der Waals surface area contributed by atoms with Gasteiger partial charge < -0.3 is 20.0 Å². The molecule has 0 unspecified atom stereocenters. The van der Waals surface area contributed by atoms with Crippen LogP contribution in [0.3, 0.4) is 0 Å². The molecule has 6 nitrogen and oxygen atoms in total. The Hall–Kier alpha value is -2.57. The van der Waals surface area contributed by atoms with Gasteiger partial charge in [-0.05, 0) is 49.1 Å². The highest BCUT2D eigenvalue weighted by molar-refractivity contribution is 5.68. The Balaban J connectivity index is 2.17. The van der Waals surface area contributed by atoms with Crippen LogP contribution in [-0.2, 0) is 16.1 Å². The lowest BCUT2D eigenvalue weighted by Gasteiger charge is -2.27. The van der Waals surface area contributed by atoms with Crippen molar-refractivity contribution in [3.05, 3.63) is 58.7 Å². The highest BCUT2D eigenvalue weighted by Gasteiger charge is 2.14. The number of carboxylic acids is 1. The molecule has 0 spiro atoms. The average molecular weight is 372 g/mol. The van der Waals surface area contributed by atoms with E-state index in [9.17, 15) is 4.79 Å². The quantitative estimate of drug-likeness (QED) is 0.491. The summed E-state index contributed by atoms with van der Waals surface area (Å²) in [5, 5.41) is 10.8. The summed E-state index contributed by atoms with van der Waals surface area (Å²) in [4.78, 5) is 10.6. The van der Waals surface area contributed by atoms with E-state index >= 15 is 0 Å². The highest BCUT2D eigenvalue weighted by Crippen LogP contribution is 2.31. The fraction of sp³-hybridized carbons (Fsp3) is 0.381. The molecule has 0 saturated carbocycles. The molecule has 146 valence electrons. The Bertz CT molecular complexity index is 763. The van der Waals surface area contributed by atoms with Crippen LogP contribution in [0.4, 0.5) is 5.69 Å². The zero-order valence-corrected chi connectivity index (χ0v) is 16.4. The van der Waals surface area contributed by atoms with Crippen LogP contribution >= 0.6 is 0 Å². The van der Waals surface area contributed by atoms with E-state index in [1.165, 1.54) is 0 Å². The summed E-state index contributed by atoms with van der Waals surface area (Å²) in [7, 11) is 1.68. The van der Waals surface area contributed by atoms with Gasteiger partial charge in [-0.15, -0.1) is 0 Å². The minimum absolute atomic E-state index is 0.293. The van der Waals surface area contributed by atoms with Gasteiger partial charge in [0, 0.05) is 13.1 Å². The second kappa shape index (κ2) is 9.94. The van der Waals surface area contributed by atoms with Crippen molar-refractivity contribution in [1.82, 2.24) is 5.01 Å². The summed E-state index contributed by atoms with van der Waals surface area (Å²) in [5.74, 6) is -0.0926. The SMILES string of the molecule is COc1cc(C)c(NN(CCOCC(=O)O)Cc2ccccc2)c(C)c1C. The molecule has 0 bridgehead atoms. The molecular formula is C21H28N2O4. The van der Waals surface area contributed by atoms with E-state index in [0.29, 0.717) is 19.7 Å². The molecule has 2 rings (SSSR count). The molecule has 0 heterocycles. The molecule has 27 heavy (non-hydrogen) atoms. The molecule has 0 aliphatic rings. The predicted octanol–water partition coefficient (Wildman–Crippen LogP) is 3.55. The predicted molar refractivity (Wildman–Crippen MR) is 106 cm³/mol. The van der Waals surface area contributed by atoms with Gasteiger partial charge in [0.15, 0.2) is 0 Å². The highest BCUT2D eigenvalue weighted by atomic mass is 16.5. The van der Waals surface area contributed by atoms with Crippen molar-refractivity contribution in [1.29, 1.82) is 0 Å². The normalized spacial score (nSPS) is 10.9. The van der Waals surface area contributed by atoms with Gasteiger partial charge in [0.2, 0.25) is 0 Å². The summed E-state index contributed by atoms with van der Waals surface area (Å²) >= 11 is 0. The number of nitrogens with zero attached hydrogens (tertiary/aromatic N) is 1. The number of hydrogen-bond acceptors (Lipinski definition) is 5. The van der Waals surface area contributed by atoms with Gasteiger partial charge in [-0.3, -0.25) is 0 Å². The van der Waals surface area contributed by atoms with Gasteiger partial charge in [0.05, 0.1) is 19.4 Å². The maximum Gasteiger partial charge on any atom is 0.329 e. The lowest BCUT2D eigenvalue weighted by Crippen LogP contribution is -2.34. The van der Waals surface area contributed by atoms with Crippen LogP contribution in [0.25, 0.3) is 0 Å². The van der Waals surface area contributed by atoms with Crippen molar-refractivity contribution in [2.24, 2.45) is 0 Å². The van der Waals surface area contributed by atoms with Gasteiger partial charge in [0.25, 0.3) is 0 Å². The Morgan fingerprint density at radius 2 is 1.85 bits per heavy atom. The zero-order chi connectivity index (χ0) is 19.8. The van der Waals surface area contributed by atoms with Gasteiger partial charge in [-0.2, -0.15) is 0 Å². The van der Waals surface area contributed by atoms with E-state index in [4.69, 9.17) is 14.6 Å². The Morgan fingerprint density at radius 3 is 2.48 bits per heavy atom. The molecule has 6 heteroatoms. The fourth-order valence-electron chi connectivity index (χ4n) is 2.90. The molecule has 0 aliphatic carbocycles. The van der Waals surface area contributed by atoms with Crippen LogP contribution in [0.15, 0.2) is 36.4 Å². The number of benzene rings is 2. The molecule has 0 aromatic heterocycles. The number of carbonyl (C=O) groups is 1.